The molecule has 5 nitrogen and oxygen atoms in total. The van der Waals surface area contributed by atoms with Crippen LogP contribution in [0.2, 0.25) is 0 Å². The normalized spacial score (nSPS) is 16.0. The highest BCUT2D eigenvalue weighted by Gasteiger charge is 2.22. The van der Waals surface area contributed by atoms with E-state index in [2.05, 4.69) is 0 Å². The monoisotopic (exact) mass is 315 g/mol. The average molecular weight is 316 g/mol. The van der Waals surface area contributed by atoms with Gasteiger partial charge in [-0.1, -0.05) is 19.3 Å². The van der Waals surface area contributed by atoms with Crippen molar-refractivity contribution >= 4 is 12.4 Å². The van der Waals surface area contributed by atoms with Crippen LogP contribution in [0, 0.1) is 6.92 Å². The van der Waals surface area contributed by atoms with Gasteiger partial charge in [0.2, 0.25) is 0 Å². The summed E-state index contributed by atoms with van der Waals surface area (Å²) >= 11 is 0. The summed E-state index contributed by atoms with van der Waals surface area (Å²) < 4.78 is 3.12. The van der Waals surface area contributed by atoms with Gasteiger partial charge in [-0.05, 0) is 33.9 Å². The molecule has 0 unspecified atom stereocenters. The molecule has 0 saturated heterocycles. The second-order valence-corrected chi connectivity index (χ2v) is 6.11. The molecule has 0 aliphatic heterocycles. The summed E-state index contributed by atoms with van der Waals surface area (Å²) in [5.74, 6) is 0. The second kappa shape index (κ2) is 7.27. The van der Waals surface area contributed by atoms with Gasteiger partial charge in [0.25, 0.3) is 5.56 Å². The van der Waals surface area contributed by atoms with Crippen molar-refractivity contribution in [3.05, 3.63) is 32.1 Å². The standard InChI is InChI=1S/C15H25N3O2.ClH/c1-11-13(10-16(2)3)14(19)18(15(20)17(11)4)12-8-6-5-7-9-12;/h12H,5-10H2,1-4H3;1H. The van der Waals surface area contributed by atoms with Gasteiger partial charge in [0.15, 0.2) is 0 Å². The number of hydrogen-bond donors (Lipinski definition) is 0. The van der Waals surface area contributed by atoms with E-state index in [0.717, 1.165) is 36.9 Å². The van der Waals surface area contributed by atoms with Crippen LogP contribution in [0.15, 0.2) is 9.59 Å². The molecule has 1 aromatic rings. The Balaban J connectivity index is 0.00000220. The Morgan fingerprint density at radius 1 is 1.14 bits per heavy atom. The third-order valence-electron chi connectivity index (χ3n) is 4.32. The van der Waals surface area contributed by atoms with Crippen molar-refractivity contribution in [2.45, 2.75) is 51.6 Å². The van der Waals surface area contributed by atoms with Gasteiger partial charge in [-0.3, -0.25) is 9.36 Å². The molecule has 21 heavy (non-hydrogen) atoms. The Morgan fingerprint density at radius 2 is 1.71 bits per heavy atom. The van der Waals surface area contributed by atoms with E-state index in [1.807, 2.05) is 25.9 Å². The third-order valence-corrected chi connectivity index (χ3v) is 4.32. The molecule has 1 aromatic heterocycles. The molecule has 6 heteroatoms. The molecule has 1 aliphatic rings. The predicted molar refractivity (Wildman–Crippen MR) is 87.4 cm³/mol. The van der Waals surface area contributed by atoms with Crippen LogP contribution in [-0.4, -0.2) is 28.1 Å². The lowest BCUT2D eigenvalue weighted by Gasteiger charge is -2.25. The first-order chi connectivity index (χ1) is 9.43. The van der Waals surface area contributed by atoms with E-state index < -0.39 is 0 Å². The van der Waals surface area contributed by atoms with Crippen LogP contribution < -0.4 is 11.2 Å². The maximum absolute atomic E-state index is 12.7. The van der Waals surface area contributed by atoms with Crippen LogP contribution in [-0.2, 0) is 13.6 Å². The zero-order valence-corrected chi connectivity index (χ0v) is 14.2. The summed E-state index contributed by atoms with van der Waals surface area (Å²) in [7, 11) is 5.64. The SMILES string of the molecule is Cc1c(CN(C)C)c(=O)n(C2CCCCC2)c(=O)n1C.Cl. The molecule has 2 rings (SSSR count). The van der Waals surface area contributed by atoms with Gasteiger partial charge in [0.05, 0.1) is 5.56 Å². The van der Waals surface area contributed by atoms with E-state index in [1.165, 1.54) is 11.0 Å². The Kier molecular flexibility index (Phi) is 6.23. The molecule has 1 saturated carbocycles. The fraction of sp³-hybridized carbons (Fsp3) is 0.733. The molecule has 0 bridgehead atoms. The van der Waals surface area contributed by atoms with Crippen LogP contribution in [0.25, 0.3) is 0 Å². The van der Waals surface area contributed by atoms with Crippen LogP contribution in [0.4, 0.5) is 0 Å². The van der Waals surface area contributed by atoms with E-state index in [4.69, 9.17) is 0 Å². The summed E-state index contributed by atoms with van der Waals surface area (Å²) in [5, 5.41) is 0. The topological polar surface area (TPSA) is 47.2 Å². The van der Waals surface area contributed by atoms with Crippen molar-refractivity contribution in [2.24, 2.45) is 7.05 Å². The maximum atomic E-state index is 12.7. The Morgan fingerprint density at radius 3 is 2.24 bits per heavy atom. The lowest BCUT2D eigenvalue weighted by molar-refractivity contribution is 0.324. The summed E-state index contributed by atoms with van der Waals surface area (Å²) in [6, 6.07) is 0.0801. The quantitative estimate of drug-likeness (QED) is 0.855. The zero-order chi connectivity index (χ0) is 14.9. The first-order valence-electron chi connectivity index (χ1n) is 7.39. The summed E-state index contributed by atoms with van der Waals surface area (Å²) in [6.45, 7) is 2.43. The lowest BCUT2D eigenvalue weighted by atomic mass is 9.95. The zero-order valence-electron chi connectivity index (χ0n) is 13.4. The second-order valence-electron chi connectivity index (χ2n) is 6.11. The van der Waals surface area contributed by atoms with E-state index in [0.29, 0.717) is 6.54 Å². The summed E-state index contributed by atoms with van der Waals surface area (Å²) in [4.78, 5) is 27.2. The van der Waals surface area contributed by atoms with E-state index in [-0.39, 0.29) is 29.7 Å². The molecular weight excluding hydrogens is 290 g/mol. The molecule has 0 atom stereocenters. The number of hydrogen-bond acceptors (Lipinski definition) is 3. The number of rotatable bonds is 3. The van der Waals surface area contributed by atoms with Gasteiger partial charge < -0.3 is 9.47 Å². The first-order valence-corrected chi connectivity index (χ1v) is 7.39. The van der Waals surface area contributed by atoms with Gasteiger partial charge in [0, 0.05) is 25.3 Å². The van der Waals surface area contributed by atoms with Crippen LogP contribution in [0.3, 0.4) is 0 Å². The predicted octanol–water partition coefficient (Wildman–Crippen LogP) is 1.84. The molecule has 1 aliphatic carbocycles. The summed E-state index contributed by atoms with van der Waals surface area (Å²) in [6.07, 6.45) is 5.31. The minimum Gasteiger partial charge on any atom is -0.305 e. The molecular formula is C15H26ClN3O2. The summed E-state index contributed by atoms with van der Waals surface area (Å²) in [5.41, 5.74) is 1.26. The van der Waals surface area contributed by atoms with E-state index >= 15 is 0 Å². The van der Waals surface area contributed by atoms with Gasteiger partial charge in [-0.2, -0.15) is 0 Å². The minimum atomic E-state index is -0.165. The minimum absolute atomic E-state index is 0. The molecule has 0 N–H and O–H groups in total. The van der Waals surface area contributed by atoms with Gasteiger partial charge in [-0.25, -0.2) is 4.79 Å². The number of halogens is 1. The Hall–Kier alpha value is -1.07. The largest absolute Gasteiger partial charge is 0.331 e. The van der Waals surface area contributed by atoms with Gasteiger partial charge >= 0.3 is 5.69 Å². The first kappa shape index (κ1) is 18.0. The lowest BCUT2D eigenvalue weighted by Crippen LogP contribution is -2.45. The van der Waals surface area contributed by atoms with Crippen molar-refractivity contribution in [1.82, 2.24) is 14.0 Å². The van der Waals surface area contributed by atoms with Crippen LogP contribution in [0.1, 0.15) is 49.4 Å². The number of nitrogens with zero attached hydrogens (tertiary/aromatic N) is 3. The fourth-order valence-electron chi connectivity index (χ4n) is 3.05. The van der Waals surface area contributed by atoms with E-state index in [1.54, 1.807) is 11.6 Å². The molecule has 120 valence electrons. The number of aromatic nitrogens is 2. The van der Waals surface area contributed by atoms with Crippen molar-refractivity contribution in [1.29, 1.82) is 0 Å². The maximum Gasteiger partial charge on any atom is 0.331 e. The van der Waals surface area contributed by atoms with Crippen molar-refractivity contribution in [3.8, 4) is 0 Å². The average Bonchev–Trinajstić information content (AvgIpc) is 2.42. The molecule has 0 aromatic carbocycles. The molecule has 1 heterocycles. The van der Waals surface area contributed by atoms with Crippen LogP contribution >= 0.6 is 12.4 Å². The van der Waals surface area contributed by atoms with Gasteiger partial charge in [0.1, 0.15) is 0 Å². The molecule has 0 amide bonds. The van der Waals surface area contributed by atoms with Crippen LogP contribution in [0.5, 0.6) is 0 Å². The highest BCUT2D eigenvalue weighted by Crippen LogP contribution is 2.26. The smallest absolute Gasteiger partial charge is 0.305 e. The third kappa shape index (κ3) is 3.58. The van der Waals surface area contributed by atoms with Gasteiger partial charge in [-0.15, -0.1) is 12.4 Å². The van der Waals surface area contributed by atoms with Crippen molar-refractivity contribution in [2.75, 3.05) is 14.1 Å². The Labute approximate surface area is 132 Å². The molecule has 1 fully saturated rings. The van der Waals surface area contributed by atoms with Crippen molar-refractivity contribution in [3.63, 3.8) is 0 Å². The molecule has 0 spiro atoms. The fourth-order valence-corrected chi connectivity index (χ4v) is 3.05. The van der Waals surface area contributed by atoms with E-state index in [9.17, 15) is 9.59 Å². The highest BCUT2D eigenvalue weighted by molar-refractivity contribution is 5.85. The van der Waals surface area contributed by atoms with Crippen molar-refractivity contribution < 1.29 is 0 Å². The Bertz CT molecular complexity index is 598. The molecule has 0 radical (unpaired) electrons. The highest BCUT2D eigenvalue weighted by atomic mass is 35.5.